The van der Waals surface area contributed by atoms with Gasteiger partial charge in [-0.2, -0.15) is 4.98 Å². The second-order valence-corrected chi connectivity index (χ2v) is 10.3. The van der Waals surface area contributed by atoms with Gasteiger partial charge in [0.1, 0.15) is 0 Å². The summed E-state index contributed by atoms with van der Waals surface area (Å²) in [4.78, 5) is 19.7. The Kier molecular flexibility index (Phi) is 7.69. The Hall–Kier alpha value is -2.70. The molecule has 0 bridgehead atoms. The Morgan fingerprint density at radius 3 is 2.53 bits per heavy atom. The fourth-order valence-electron chi connectivity index (χ4n) is 4.80. The summed E-state index contributed by atoms with van der Waals surface area (Å²) >= 11 is 6.24. The smallest absolute Gasteiger partial charge is 0.241 e. The number of halogens is 1. The molecule has 1 aliphatic heterocycles. The van der Waals surface area contributed by atoms with Gasteiger partial charge in [0.05, 0.1) is 11.6 Å². The number of hydrogen-bond acceptors (Lipinski definition) is 5. The zero-order valence-corrected chi connectivity index (χ0v) is 20.9. The van der Waals surface area contributed by atoms with Crippen molar-refractivity contribution in [2.45, 2.75) is 58.0 Å². The van der Waals surface area contributed by atoms with E-state index >= 15 is 0 Å². The van der Waals surface area contributed by atoms with Crippen LogP contribution in [0.5, 0.6) is 0 Å². The molecule has 1 unspecified atom stereocenters. The van der Waals surface area contributed by atoms with Crippen molar-refractivity contribution in [3.05, 3.63) is 71.1 Å². The number of likely N-dealkylation sites (tertiary alicyclic amines) is 1. The molecule has 1 aliphatic rings. The van der Waals surface area contributed by atoms with Gasteiger partial charge in [-0.05, 0) is 62.4 Å². The summed E-state index contributed by atoms with van der Waals surface area (Å²) in [5.74, 6) is 1.27. The molecular formula is C27H33ClN4O2. The van der Waals surface area contributed by atoms with E-state index in [1.165, 1.54) is 5.56 Å². The van der Waals surface area contributed by atoms with E-state index in [1.807, 2.05) is 30.3 Å². The normalized spacial score (nSPS) is 16.4. The molecule has 1 aromatic heterocycles. The summed E-state index contributed by atoms with van der Waals surface area (Å²) < 4.78 is 5.45. The number of nitrogens with one attached hydrogen (secondary N) is 1. The van der Waals surface area contributed by atoms with E-state index in [-0.39, 0.29) is 23.3 Å². The number of carbonyl (C=O) groups excluding carboxylic acids is 1. The van der Waals surface area contributed by atoms with E-state index in [0.717, 1.165) is 37.9 Å². The van der Waals surface area contributed by atoms with Crippen LogP contribution in [-0.4, -0.2) is 40.1 Å². The second-order valence-electron chi connectivity index (χ2n) is 9.91. The highest BCUT2D eigenvalue weighted by atomic mass is 35.5. The van der Waals surface area contributed by atoms with Crippen molar-refractivity contribution in [3.8, 4) is 11.4 Å². The predicted molar refractivity (Wildman–Crippen MR) is 134 cm³/mol. The van der Waals surface area contributed by atoms with Crippen molar-refractivity contribution in [3.63, 3.8) is 0 Å². The molecule has 1 N–H and O–H groups in total. The molecule has 7 heteroatoms. The number of carbonyl (C=O) groups is 1. The van der Waals surface area contributed by atoms with E-state index in [9.17, 15) is 4.79 Å². The summed E-state index contributed by atoms with van der Waals surface area (Å²) in [6.45, 7) is 8.80. The Bertz CT molecular complexity index is 1090. The van der Waals surface area contributed by atoms with Crippen molar-refractivity contribution in [2.24, 2.45) is 5.92 Å². The first kappa shape index (κ1) is 24.4. The molecule has 1 amide bonds. The minimum atomic E-state index is 0.00419. The van der Waals surface area contributed by atoms with Gasteiger partial charge in [-0.1, -0.05) is 73.1 Å². The van der Waals surface area contributed by atoms with Gasteiger partial charge in [0, 0.05) is 17.5 Å². The summed E-state index contributed by atoms with van der Waals surface area (Å²) in [5.41, 5.74) is 2.06. The van der Waals surface area contributed by atoms with E-state index in [2.05, 4.69) is 65.4 Å². The van der Waals surface area contributed by atoms with Gasteiger partial charge in [-0.3, -0.25) is 9.69 Å². The van der Waals surface area contributed by atoms with Crippen LogP contribution in [0.15, 0.2) is 59.1 Å². The Morgan fingerprint density at radius 2 is 1.82 bits per heavy atom. The fourth-order valence-corrected chi connectivity index (χ4v) is 5.02. The summed E-state index contributed by atoms with van der Waals surface area (Å²) in [6.07, 6.45) is 2.55. The highest BCUT2D eigenvalue weighted by Crippen LogP contribution is 2.29. The molecule has 3 aromatic rings. The van der Waals surface area contributed by atoms with Gasteiger partial charge in [-0.25, -0.2) is 0 Å². The minimum Gasteiger partial charge on any atom is -0.353 e. The topological polar surface area (TPSA) is 71.3 Å². The molecule has 2 heterocycles. The third kappa shape index (κ3) is 6.05. The largest absolute Gasteiger partial charge is 0.353 e. The van der Waals surface area contributed by atoms with Crippen LogP contribution in [0.4, 0.5) is 0 Å². The van der Waals surface area contributed by atoms with Crippen LogP contribution in [-0.2, 0) is 16.8 Å². The Labute approximate surface area is 206 Å². The first-order chi connectivity index (χ1) is 16.3. The average molecular weight is 481 g/mol. The third-order valence-electron chi connectivity index (χ3n) is 6.66. The lowest BCUT2D eigenvalue weighted by Crippen LogP contribution is -2.44. The van der Waals surface area contributed by atoms with E-state index < -0.39 is 0 Å². The predicted octanol–water partition coefficient (Wildman–Crippen LogP) is 5.47. The maximum absolute atomic E-state index is 12.9. The van der Waals surface area contributed by atoms with Gasteiger partial charge in [0.2, 0.25) is 17.6 Å². The lowest BCUT2D eigenvalue weighted by atomic mass is 9.79. The first-order valence-electron chi connectivity index (χ1n) is 12.0. The number of nitrogens with zero attached hydrogens (tertiary/aromatic N) is 3. The number of benzene rings is 2. The summed E-state index contributed by atoms with van der Waals surface area (Å²) in [6, 6.07) is 18.1. The SMILES string of the molecule is CC(CC(C)(C)c1ccccc1)NC(=O)C1CCN(Cc2nc(-c3ccccc3Cl)no2)CC1. The van der Waals surface area contributed by atoms with Crippen LogP contribution in [0.25, 0.3) is 11.4 Å². The van der Waals surface area contributed by atoms with Crippen molar-refractivity contribution < 1.29 is 9.32 Å². The molecule has 0 aliphatic carbocycles. The van der Waals surface area contributed by atoms with Crippen LogP contribution in [0.1, 0.15) is 51.5 Å². The van der Waals surface area contributed by atoms with Crippen LogP contribution >= 0.6 is 11.6 Å². The molecule has 6 nitrogen and oxygen atoms in total. The van der Waals surface area contributed by atoms with Gasteiger partial charge in [-0.15, -0.1) is 0 Å². The maximum atomic E-state index is 12.9. The molecule has 180 valence electrons. The third-order valence-corrected chi connectivity index (χ3v) is 6.99. The number of rotatable bonds is 8. The maximum Gasteiger partial charge on any atom is 0.241 e. The van der Waals surface area contributed by atoms with Gasteiger partial charge >= 0.3 is 0 Å². The number of aromatic nitrogens is 2. The average Bonchev–Trinajstić information content (AvgIpc) is 3.28. The lowest BCUT2D eigenvalue weighted by molar-refractivity contribution is -0.127. The number of hydrogen-bond donors (Lipinski definition) is 1. The summed E-state index contributed by atoms with van der Waals surface area (Å²) in [7, 11) is 0. The van der Waals surface area contributed by atoms with E-state index in [4.69, 9.17) is 16.1 Å². The van der Waals surface area contributed by atoms with Crippen LogP contribution < -0.4 is 5.32 Å². The second kappa shape index (κ2) is 10.7. The quantitative estimate of drug-likeness (QED) is 0.462. The lowest BCUT2D eigenvalue weighted by Gasteiger charge is -2.32. The Balaban J connectivity index is 1.24. The van der Waals surface area contributed by atoms with Crippen LogP contribution in [0, 0.1) is 5.92 Å². The highest BCUT2D eigenvalue weighted by Gasteiger charge is 2.29. The van der Waals surface area contributed by atoms with Gasteiger partial charge in [0.25, 0.3) is 0 Å². The standard InChI is InChI=1S/C27H33ClN4O2/c1-19(17-27(2,3)21-9-5-4-6-10-21)29-26(33)20-13-15-32(16-14-20)18-24-30-25(31-34-24)22-11-7-8-12-23(22)28/h4-12,19-20H,13-18H2,1-3H3,(H,29,33). The van der Waals surface area contributed by atoms with Crippen molar-refractivity contribution in [2.75, 3.05) is 13.1 Å². The van der Waals surface area contributed by atoms with Crippen molar-refractivity contribution >= 4 is 17.5 Å². The van der Waals surface area contributed by atoms with Crippen molar-refractivity contribution in [1.82, 2.24) is 20.4 Å². The minimum absolute atomic E-state index is 0.00419. The molecule has 4 rings (SSSR count). The molecular weight excluding hydrogens is 448 g/mol. The molecule has 2 aromatic carbocycles. The van der Waals surface area contributed by atoms with E-state index in [0.29, 0.717) is 23.3 Å². The van der Waals surface area contributed by atoms with E-state index in [1.54, 1.807) is 0 Å². The first-order valence-corrected chi connectivity index (χ1v) is 12.4. The molecule has 1 fully saturated rings. The molecule has 0 saturated carbocycles. The molecule has 34 heavy (non-hydrogen) atoms. The summed E-state index contributed by atoms with van der Waals surface area (Å²) in [5, 5.41) is 7.93. The van der Waals surface area contributed by atoms with Crippen LogP contribution in [0.2, 0.25) is 5.02 Å². The van der Waals surface area contributed by atoms with Gasteiger partial charge < -0.3 is 9.84 Å². The molecule has 1 atom stereocenters. The van der Waals surface area contributed by atoms with Gasteiger partial charge in [0.15, 0.2) is 0 Å². The fraction of sp³-hybridized carbons (Fsp3) is 0.444. The Morgan fingerprint density at radius 1 is 1.15 bits per heavy atom. The molecule has 0 radical (unpaired) electrons. The zero-order chi connectivity index (χ0) is 24.1. The monoisotopic (exact) mass is 480 g/mol. The number of amides is 1. The number of piperidine rings is 1. The molecule has 0 spiro atoms. The highest BCUT2D eigenvalue weighted by molar-refractivity contribution is 6.33. The van der Waals surface area contributed by atoms with Crippen molar-refractivity contribution in [1.29, 1.82) is 0 Å². The zero-order valence-electron chi connectivity index (χ0n) is 20.1. The van der Waals surface area contributed by atoms with Crippen LogP contribution in [0.3, 0.4) is 0 Å². The molecule has 1 saturated heterocycles.